The number of fused-ring (bicyclic) bond motifs is 3. The molecule has 0 unspecified atom stereocenters. The summed E-state index contributed by atoms with van der Waals surface area (Å²) in [6.07, 6.45) is 5.69. The van der Waals surface area contributed by atoms with E-state index in [-0.39, 0.29) is 0 Å². The Kier molecular flexibility index (Phi) is 5.48. The van der Waals surface area contributed by atoms with Gasteiger partial charge in [0, 0.05) is 74.3 Å². The lowest BCUT2D eigenvalue weighted by atomic mass is 10.1. The van der Waals surface area contributed by atoms with Crippen LogP contribution in [-0.2, 0) is 0 Å². The summed E-state index contributed by atoms with van der Waals surface area (Å²) in [4.78, 5) is 13.5. The molecule has 5 aromatic rings. The molecule has 0 aliphatic carbocycles. The van der Waals surface area contributed by atoms with Gasteiger partial charge in [0.05, 0.1) is 5.52 Å². The SMILES string of the molecule is c1ccc(-c2nnc(NCCN3CCN(c4ncccn4)CC3)c3cc4ccccn4c23)cc1. The molecule has 0 saturated carbocycles. The highest BCUT2D eigenvalue weighted by molar-refractivity contribution is 6.02. The number of hydrogen-bond acceptors (Lipinski definition) is 7. The van der Waals surface area contributed by atoms with E-state index in [0.29, 0.717) is 0 Å². The van der Waals surface area contributed by atoms with Gasteiger partial charge in [-0.15, -0.1) is 10.2 Å². The second-order valence-corrected chi connectivity index (χ2v) is 8.47. The lowest BCUT2D eigenvalue weighted by Crippen LogP contribution is -2.48. The molecule has 0 radical (unpaired) electrons. The van der Waals surface area contributed by atoms with Crippen molar-refractivity contribution < 1.29 is 0 Å². The third-order valence-electron chi connectivity index (χ3n) is 6.38. The molecule has 0 atom stereocenters. The van der Waals surface area contributed by atoms with E-state index in [0.717, 1.165) is 78.7 Å². The molecule has 34 heavy (non-hydrogen) atoms. The quantitative estimate of drug-likeness (QED) is 0.424. The minimum atomic E-state index is 0.808. The molecular weight excluding hydrogens is 424 g/mol. The summed E-state index contributed by atoms with van der Waals surface area (Å²) >= 11 is 0. The van der Waals surface area contributed by atoms with Crippen molar-refractivity contribution >= 4 is 28.2 Å². The van der Waals surface area contributed by atoms with Crippen LogP contribution in [0.4, 0.5) is 11.8 Å². The monoisotopic (exact) mass is 450 g/mol. The van der Waals surface area contributed by atoms with Crippen molar-refractivity contribution in [1.29, 1.82) is 0 Å². The standard InChI is InChI=1S/C26H26N8/c1-2-7-20(8-3-1)23-24-22(19-21-9-4-5-13-34(21)24)25(31-30-23)27-12-14-32-15-17-33(18-16-32)26-28-10-6-11-29-26/h1-11,13,19H,12,14-18H2,(H,27,31). The van der Waals surface area contributed by atoms with Crippen LogP contribution in [0.2, 0.25) is 0 Å². The van der Waals surface area contributed by atoms with E-state index in [1.165, 1.54) is 0 Å². The van der Waals surface area contributed by atoms with Crippen LogP contribution in [0.25, 0.3) is 27.7 Å². The predicted molar refractivity (Wildman–Crippen MR) is 135 cm³/mol. The second-order valence-electron chi connectivity index (χ2n) is 8.47. The number of benzene rings is 1. The molecular formula is C26H26N8. The fourth-order valence-electron chi connectivity index (χ4n) is 4.63. The van der Waals surface area contributed by atoms with Crippen LogP contribution in [0.15, 0.2) is 79.3 Å². The highest BCUT2D eigenvalue weighted by atomic mass is 15.3. The molecule has 4 aromatic heterocycles. The topological polar surface area (TPSA) is 74.5 Å². The molecule has 6 rings (SSSR count). The van der Waals surface area contributed by atoms with Crippen LogP contribution in [0.1, 0.15) is 0 Å². The fraction of sp³-hybridized carbons (Fsp3) is 0.231. The minimum absolute atomic E-state index is 0.808. The molecule has 1 aliphatic rings. The molecule has 170 valence electrons. The third kappa shape index (κ3) is 3.92. The largest absolute Gasteiger partial charge is 0.367 e. The molecule has 8 heteroatoms. The van der Waals surface area contributed by atoms with Crippen molar-refractivity contribution in [3.05, 3.63) is 79.3 Å². The first kappa shape index (κ1) is 20.6. The summed E-state index contributed by atoms with van der Waals surface area (Å²) in [6, 6.07) is 20.5. The Balaban J connectivity index is 1.19. The Hall–Kier alpha value is -4.04. The number of anilines is 2. The molecule has 5 heterocycles. The van der Waals surface area contributed by atoms with Crippen molar-refractivity contribution in [3.63, 3.8) is 0 Å². The van der Waals surface area contributed by atoms with Gasteiger partial charge in [-0.25, -0.2) is 9.97 Å². The molecule has 1 fully saturated rings. The Morgan fingerprint density at radius 2 is 1.62 bits per heavy atom. The summed E-state index contributed by atoms with van der Waals surface area (Å²) in [5.74, 6) is 1.65. The van der Waals surface area contributed by atoms with Crippen LogP contribution in [0.5, 0.6) is 0 Å². The van der Waals surface area contributed by atoms with Gasteiger partial charge in [-0.1, -0.05) is 36.4 Å². The van der Waals surface area contributed by atoms with Crippen molar-refractivity contribution in [2.75, 3.05) is 49.5 Å². The number of pyridine rings is 1. The number of aromatic nitrogens is 5. The zero-order valence-corrected chi connectivity index (χ0v) is 18.9. The zero-order valence-electron chi connectivity index (χ0n) is 18.9. The first-order chi connectivity index (χ1) is 16.9. The van der Waals surface area contributed by atoms with Gasteiger partial charge >= 0.3 is 0 Å². The first-order valence-electron chi connectivity index (χ1n) is 11.7. The van der Waals surface area contributed by atoms with Gasteiger partial charge in [0.25, 0.3) is 0 Å². The van der Waals surface area contributed by atoms with Crippen molar-refractivity contribution in [2.45, 2.75) is 0 Å². The summed E-state index contributed by atoms with van der Waals surface area (Å²) in [5, 5.41) is 13.9. The van der Waals surface area contributed by atoms with Crippen LogP contribution in [0.3, 0.4) is 0 Å². The molecule has 1 saturated heterocycles. The molecule has 8 nitrogen and oxygen atoms in total. The minimum Gasteiger partial charge on any atom is -0.367 e. The molecule has 1 aromatic carbocycles. The van der Waals surface area contributed by atoms with Crippen molar-refractivity contribution in [3.8, 4) is 11.3 Å². The average molecular weight is 451 g/mol. The Morgan fingerprint density at radius 1 is 0.824 bits per heavy atom. The Labute approximate surface area is 197 Å². The summed E-state index contributed by atoms with van der Waals surface area (Å²) in [7, 11) is 0. The summed E-state index contributed by atoms with van der Waals surface area (Å²) in [6.45, 7) is 5.60. The van der Waals surface area contributed by atoms with Crippen LogP contribution >= 0.6 is 0 Å². The maximum atomic E-state index is 4.64. The lowest BCUT2D eigenvalue weighted by Gasteiger charge is -2.34. The summed E-state index contributed by atoms with van der Waals surface area (Å²) < 4.78 is 2.20. The normalized spacial score (nSPS) is 14.6. The second kappa shape index (κ2) is 9.07. The smallest absolute Gasteiger partial charge is 0.225 e. The number of piperazine rings is 1. The number of hydrogen-bond donors (Lipinski definition) is 1. The van der Waals surface area contributed by atoms with Gasteiger partial charge in [0.1, 0.15) is 5.69 Å². The maximum Gasteiger partial charge on any atom is 0.225 e. The molecule has 0 bridgehead atoms. The molecule has 0 amide bonds. The third-order valence-corrected chi connectivity index (χ3v) is 6.38. The van der Waals surface area contributed by atoms with E-state index in [1.807, 2.05) is 24.3 Å². The van der Waals surface area contributed by atoms with Gasteiger partial charge in [-0.05, 0) is 24.3 Å². The number of rotatable bonds is 6. The Morgan fingerprint density at radius 3 is 2.44 bits per heavy atom. The summed E-state index contributed by atoms with van der Waals surface area (Å²) in [5.41, 5.74) is 4.17. The Bertz CT molecular complexity index is 1390. The van der Waals surface area contributed by atoms with E-state index in [9.17, 15) is 0 Å². The van der Waals surface area contributed by atoms with Gasteiger partial charge in [0.2, 0.25) is 5.95 Å². The van der Waals surface area contributed by atoms with Crippen molar-refractivity contribution in [2.24, 2.45) is 0 Å². The van der Waals surface area contributed by atoms with Gasteiger partial charge < -0.3 is 14.6 Å². The van der Waals surface area contributed by atoms with Crippen LogP contribution < -0.4 is 10.2 Å². The van der Waals surface area contributed by atoms with Gasteiger partial charge in [-0.2, -0.15) is 0 Å². The first-order valence-corrected chi connectivity index (χ1v) is 11.7. The number of nitrogens with zero attached hydrogens (tertiary/aromatic N) is 7. The van der Waals surface area contributed by atoms with Crippen LogP contribution in [0, 0.1) is 0 Å². The van der Waals surface area contributed by atoms with E-state index >= 15 is 0 Å². The van der Waals surface area contributed by atoms with E-state index in [4.69, 9.17) is 0 Å². The van der Waals surface area contributed by atoms with Gasteiger partial charge in [-0.3, -0.25) is 4.90 Å². The highest BCUT2D eigenvalue weighted by Crippen LogP contribution is 2.32. The number of nitrogens with one attached hydrogen (secondary N) is 1. The van der Waals surface area contributed by atoms with Crippen molar-refractivity contribution in [1.82, 2.24) is 29.5 Å². The predicted octanol–water partition coefficient (Wildman–Crippen LogP) is 3.57. The highest BCUT2D eigenvalue weighted by Gasteiger charge is 2.19. The fourth-order valence-corrected chi connectivity index (χ4v) is 4.63. The van der Waals surface area contributed by atoms with E-state index in [1.54, 1.807) is 12.4 Å². The van der Waals surface area contributed by atoms with E-state index in [2.05, 4.69) is 82.3 Å². The average Bonchev–Trinajstić information content (AvgIpc) is 3.30. The van der Waals surface area contributed by atoms with Crippen LogP contribution in [-0.4, -0.2) is 68.7 Å². The maximum absolute atomic E-state index is 4.64. The van der Waals surface area contributed by atoms with Gasteiger partial charge in [0.15, 0.2) is 5.82 Å². The van der Waals surface area contributed by atoms with E-state index < -0.39 is 0 Å². The molecule has 1 N–H and O–H groups in total. The zero-order chi connectivity index (χ0) is 22.7. The molecule has 1 aliphatic heterocycles. The molecule has 0 spiro atoms. The lowest BCUT2D eigenvalue weighted by molar-refractivity contribution is 0.266.